The third kappa shape index (κ3) is 3.07. The standard InChI is InChI=1S/C25H26N2O2S/c1-15-8-10-27-11-9-25(2,3)18-13-16-12-17(14-26-19-6-4-5-7-20(19)30)24(28)29-23(16)21(15)22(18)27/h4-7,12-15,30H,8-11H2,1-3H3/b26-14+/t15-/m0/s1. The smallest absolute Gasteiger partial charge is 0.345 e. The lowest BCUT2D eigenvalue weighted by molar-refractivity contribution is 0.437. The molecule has 0 N–H and O–H groups in total. The number of fused-ring (bicyclic) bond motifs is 2. The number of hydrogen-bond donors (Lipinski definition) is 1. The highest BCUT2D eigenvalue weighted by molar-refractivity contribution is 7.80. The summed E-state index contributed by atoms with van der Waals surface area (Å²) in [4.78, 5) is 20.5. The first-order valence-electron chi connectivity index (χ1n) is 10.6. The lowest BCUT2D eigenvalue weighted by atomic mass is 9.73. The molecule has 2 aliphatic rings. The zero-order valence-electron chi connectivity index (χ0n) is 17.6. The average Bonchev–Trinajstić information content (AvgIpc) is 2.71. The minimum Gasteiger partial charge on any atom is -0.422 e. The summed E-state index contributed by atoms with van der Waals surface area (Å²) >= 11 is 4.43. The molecule has 0 saturated carbocycles. The van der Waals surface area contributed by atoms with Crippen molar-refractivity contribution in [2.24, 2.45) is 4.99 Å². The van der Waals surface area contributed by atoms with Crippen LogP contribution < -0.4 is 10.5 Å². The Balaban J connectivity index is 1.71. The largest absolute Gasteiger partial charge is 0.422 e. The van der Waals surface area contributed by atoms with Crippen molar-refractivity contribution >= 4 is 41.2 Å². The number of rotatable bonds is 2. The number of nitrogens with zero attached hydrogens (tertiary/aromatic N) is 2. The Morgan fingerprint density at radius 3 is 2.83 bits per heavy atom. The Morgan fingerprint density at radius 2 is 2.03 bits per heavy atom. The van der Waals surface area contributed by atoms with Crippen molar-refractivity contribution < 1.29 is 4.42 Å². The highest BCUT2D eigenvalue weighted by Crippen LogP contribution is 2.49. The van der Waals surface area contributed by atoms with Crippen molar-refractivity contribution in [2.75, 3.05) is 18.0 Å². The first kappa shape index (κ1) is 19.4. The molecule has 3 heterocycles. The van der Waals surface area contributed by atoms with Gasteiger partial charge in [0.25, 0.3) is 0 Å². The molecule has 0 saturated heterocycles. The maximum atomic E-state index is 12.8. The Labute approximate surface area is 182 Å². The number of aliphatic imine (C=N–C) groups is 1. The fourth-order valence-corrected chi connectivity index (χ4v) is 5.01. The second-order valence-corrected chi connectivity index (χ2v) is 9.63. The molecule has 0 unspecified atom stereocenters. The third-order valence-electron chi connectivity index (χ3n) is 6.66. The fraction of sp³-hybridized carbons (Fsp3) is 0.360. The molecule has 0 amide bonds. The Bertz CT molecular complexity index is 1240. The maximum absolute atomic E-state index is 12.8. The molecule has 0 fully saturated rings. The van der Waals surface area contributed by atoms with Gasteiger partial charge in [-0.1, -0.05) is 32.9 Å². The third-order valence-corrected chi connectivity index (χ3v) is 7.04. The van der Waals surface area contributed by atoms with Crippen molar-refractivity contribution in [3.63, 3.8) is 0 Å². The van der Waals surface area contributed by atoms with E-state index in [0.717, 1.165) is 47.5 Å². The van der Waals surface area contributed by atoms with Crippen molar-refractivity contribution in [2.45, 2.75) is 49.8 Å². The summed E-state index contributed by atoms with van der Waals surface area (Å²) in [5.41, 5.74) is 5.53. The molecule has 3 aromatic rings. The normalized spacial score (nSPS) is 20.0. The Hall–Kier alpha value is -2.53. The van der Waals surface area contributed by atoms with Crippen LogP contribution in [0.2, 0.25) is 0 Å². The monoisotopic (exact) mass is 418 g/mol. The molecule has 1 aromatic heterocycles. The highest BCUT2D eigenvalue weighted by atomic mass is 32.1. The van der Waals surface area contributed by atoms with Crippen LogP contribution in [-0.2, 0) is 5.41 Å². The number of anilines is 1. The predicted octanol–water partition coefficient (Wildman–Crippen LogP) is 5.83. The number of thiol groups is 1. The van der Waals surface area contributed by atoms with Gasteiger partial charge in [0, 0.05) is 40.8 Å². The van der Waals surface area contributed by atoms with Gasteiger partial charge >= 0.3 is 5.63 Å². The van der Waals surface area contributed by atoms with Crippen molar-refractivity contribution in [1.29, 1.82) is 0 Å². The van der Waals surface area contributed by atoms with Crippen LogP contribution in [0.1, 0.15) is 56.2 Å². The lowest BCUT2D eigenvalue weighted by Crippen LogP contribution is -2.41. The van der Waals surface area contributed by atoms with E-state index in [1.165, 1.54) is 16.8 Å². The fourth-order valence-electron chi connectivity index (χ4n) is 4.79. The number of para-hydroxylation sites is 1. The van der Waals surface area contributed by atoms with Crippen LogP contribution >= 0.6 is 12.6 Å². The zero-order chi connectivity index (χ0) is 21.0. The lowest BCUT2D eigenvalue weighted by Gasteiger charge is -2.45. The second-order valence-electron chi connectivity index (χ2n) is 9.15. The topological polar surface area (TPSA) is 45.8 Å². The van der Waals surface area contributed by atoms with Gasteiger partial charge in [-0.25, -0.2) is 4.79 Å². The summed E-state index contributed by atoms with van der Waals surface area (Å²) in [7, 11) is 0. The molecule has 1 atom stereocenters. The molecule has 4 nitrogen and oxygen atoms in total. The minimum absolute atomic E-state index is 0.0984. The molecule has 2 aromatic carbocycles. The Morgan fingerprint density at radius 1 is 1.23 bits per heavy atom. The van der Waals surface area contributed by atoms with E-state index in [9.17, 15) is 4.79 Å². The van der Waals surface area contributed by atoms with E-state index in [1.807, 2.05) is 30.3 Å². The van der Waals surface area contributed by atoms with Crippen molar-refractivity contribution in [3.05, 3.63) is 63.5 Å². The number of benzene rings is 2. The molecule has 2 aliphatic heterocycles. The van der Waals surface area contributed by atoms with Gasteiger partial charge in [0.1, 0.15) is 5.58 Å². The van der Waals surface area contributed by atoms with Crippen molar-refractivity contribution in [1.82, 2.24) is 0 Å². The van der Waals surface area contributed by atoms with Crippen LogP contribution in [0, 0.1) is 0 Å². The van der Waals surface area contributed by atoms with Gasteiger partial charge < -0.3 is 9.32 Å². The van der Waals surface area contributed by atoms with Crippen LogP contribution in [0.15, 0.2) is 55.5 Å². The van der Waals surface area contributed by atoms with Gasteiger partial charge in [0.15, 0.2) is 0 Å². The van der Waals surface area contributed by atoms with Crippen LogP contribution in [0.25, 0.3) is 11.0 Å². The molecule has 5 rings (SSSR count). The first-order chi connectivity index (χ1) is 14.3. The second kappa shape index (κ2) is 7.02. The van der Waals surface area contributed by atoms with Crippen LogP contribution in [0.5, 0.6) is 0 Å². The van der Waals surface area contributed by atoms with Gasteiger partial charge in [-0.15, -0.1) is 12.6 Å². The van der Waals surface area contributed by atoms with Crippen LogP contribution in [0.3, 0.4) is 0 Å². The highest BCUT2D eigenvalue weighted by Gasteiger charge is 2.37. The number of hydrogen-bond acceptors (Lipinski definition) is 5. The van der Waals surface area contributed by atoms with Gasteiger partial charge in [0.05, 0.1) is 11.3 Å². The summed E-state index contributed by atoms with van der Waals surface area (Å²) in [6, 6.07) is 11.7. The molecule has 30 heavy (non-hydrogen) atoms. The molecule has 0 bridgehead atoms. The van der Waals surface area contributed by atoms with Gasteiger partial charge in [-0.05, 0) is 54.0 Å². The summed E-state index contributed by atoms with van der Waals surface area (Å²) in [6.07, 6.45) is 3.80. The molecule has 154 valence electrons. The molecule has 0 spiro atoms. The van der Waals surface area contributed by atoms with Gasteiger partial charge in [-0.3, -0.25) is 4.99 Å². The van der Waals surface area contributed by atoms with E-state index < -0.39 is 0 Å². The molecule has 5 heteroatoms. The summed E-state index contributed by atoms with van der Waals surface area (Å²) in [6.45, 7) is 9.00. The van der Waals surface area contributed by atoms with Gasteiger partial charge in [-0.2, -0.15) is 0 Å². The summed E-state index contributed by atoms with van der Waals surface area (Å²) < 4.78 is 5.93. The predicted molar refractivity (Wildman–Crippen MR) is 126 cm³/mol. The van der Waals surface area contributed by atoms with Gasteiger partial charge in [0.2, 0.25) is 0 Å². The van der Waals surface area contributed by atoms with E-state index in [0.29, 0.717) is 11.5 Å². The molecular formula is C25H26N2O2S. The van der Waals surface area contributed by atoms with E-state index in [1.54, 1.807) is 6.21 Å². The quantitative estimate of drug-likeness (QED) is 0.324. The SMILES string of the molecule is C[C@H]1CCN2CCC(C)(C)c3cc4cc(/C=N/c5ccccc5S)c(=O)oc4c1c32. The molecule has 0 radical (unpaired) electrons. The van der Waals surface area contributed by atoms with E-state index >= 15 is 0 Å². The Kier molecular flexibility index (Phi) is 4.55. The summed E-state index contributed by atoms with van der Waals surface area (Å²) in [5.74, 6) is 0.367. The van der Waals surface area contributed by atoms with Crippen LogP contribution in [-0.4, -0.2) is 19.3 Å². The minimum atomic E-state index is -0.349. The zero-order valence-corrected chi connectivity index (χ0v) is 18.5. The van der Waals surface area contributed by atoms with Crippen LogP contribution in [0.4, 0.5) is 11.4 Å². The first-order valence-corrected chi connectivity index (χ1v) is 11.0. The van der Waals surface area contributed by atoms with E-state index in [2.05, 4.69) is 49.4 Å². The van der Waals surface area contributed by atoms with E-state index in [4.69, 9.17) is 4.42 Å². The van der Waals surface area contributed by atoms with E-state index in [-0.39, 0.29) is 11.0 Å². The van der Waals surface area contributed by atoms with Crippen molar-refractivity contribution in [3.8, 4) is 0 Å². The maximum Gasteiger partial charge on any atom is 0.345 e. The summed E-state index contributed by atoms with van der Waals surface area (Å²) in [5, 5.41) is 0.979. The molecular weight excluding hydrogens is 392 g/mol. The average molecular weight is 419 g/mol. The molecule has 0 aliphatic carbocycles.